The summed E-state index contributed by atoms with van der Waals surface area (Å²) in [6, 6.07) is 30.1. The fourth-order valence-electron chi connectivity index (χ4n) is 5.91. The van der Waals surface area contributed by atoms with Gasteiger partial charge in [0, 0.05) is 19.2 Å². The van der Waals surface area contributed by atoms with Crippen LogP contribution in [-0.2, 0) is 19.4 Å². The van der Waals surface area contributed by atoms with Crippen LogP contribution in [0, 0.1) is 5.92 Å². The highest BCUT2D eigenvalue weighted by atomic mass is 28.4. The van der Waals surface area contributed by atoms with E-state index in [2.05, 4.69) is 75.4 Å². The number of anilines is 1. The first-order valence-electron chi connectivity index (χ1n) is 15.9. The van der Waals surface area contributed by atoms with Crippen molar-refractivity contribution in [2.24, 2.45) is 5.92 Å². The monoisotopic (exact) mass is 641 g/mol. The van der Waals surface area contributed by atoms with E-state index in [1.165, 1.54) is 4.57 Å². The van der Waals surface area contributed by atoms with Gasteiger partial charge in [-0.05, 0) is 53.0 Å². The van der Waals surface area contributed by atoms with Crippen LogP contribution in [-0.4, -0.2) is 50.9 Å². The summed E-state index contributed by atoms with van der Waals surface area (Å²) >= 11 is 0. The van der Waals surface area contributed by atoms with E-state index in [-0.39, 0.29) is 23.2 Å². The molecule has 3 aromatic carbocycles. The second-order valence-electron chi connectivity index (χ2n) is 13.5. The first-order valence-corrected chi connectivity index (χ1v) is 18.8. The molecule has 5 rings (SSSR count). The lowest BCUT2D eigenvalue weighted by Gasteiger charge is -2.37. The van der Waals surface area contributed by atoms with Crippen LogP contribution in [0.4, 0.5) is 5.82 Å². The average Bonchev–Trinajstić information content (AvgIpc) is 3.37. The maximum absolute atomic E-state index is 13.8. The van der Waals surface area contributed by atoms with E-state index >= 15 is 0 Å². The molecule has 0 saturated carbocycles. The van der Waals surface area contributed by atoms with Gasteiger partial charge >= 0.3 is 5.69 Å². The predicted molar refractivity (Wildman–Crippen MR) is 185 cm³/mol. The molecule has 1 saturated heterocycles. The molecule has 0 aliphatic carbocycles. The van der Waals surface area contributed by atoms with E-state index < -0.39 is 25.8 Å². The van der Waals surface area contributed by atoms with Crippen LogP contribution in [0.5, 0.6) is 5.75 Å². The van der Waals surface area contributed by atoms with Gasteiger partial charge in [-0.2, -0.15) is 4.98 Å². The Morgan fingerprint density at radius 3 is 1.93 bits per heavy atom. The molecule has 1 aromatic heterocycles. The Morgan fingerprint density at radius 2 is 1.43 bits per heavy atom. The van der Waals surface area contributed by atoms with Crippen LogP contribution in [0.1, 0.15) is 50.6 Å². The number of methoxy groups -OCH3 is 2. The van der Waals surface area contributed by atoms with Gasteiger partial charge in [-0.25, -0.2) is 4.79 Å². The van der Waals surface area contributed by atoms with Crippen molar-refractivity contribution in [3.8, 4) is 5.75 Å². The quantitative estimate of drug-likeness (QED) is 0.137. The zero-order chi connectivity index (χ0) is 33.1. The number of benzene rings is 3. The molecular formula is C37H47N3O5Si. The van der Waals surface area contributed by atoms with E-state index in [1.807, 2.05) is 66.7 Å². The molecule has 0 radical (unpaired) electrons. The fraction of sp³-hybridized carbons (Fsp3) is 0.405. The van der Waals surface area contributed by atoms with Gasteiger partial charge in [0.1, 0.15) is 23.2 Å². The van der Waals surface area contributed by atoms with Crippen LogP contribution in [0.15, 0.2) is 102 Å². The van der Waals surface area contributed by atoms with Crippen molar-refractivity contribution in [2.75, 3.05) is 26.1 Å². The highest BCUT2D eigenvalue weighted by molar-refractivity contribution is 6.74. The molecular weight excluding hydrogens is 595 g/mol. The van der Waals surface area contributed by atoms with Gasteiger partial charge < -0.3 is 24.0 Å². The molecule has 2 heterocycles. The van der Waals surface area contributed by atoms with E-state index in [9.17, 15) is 4.79 Å². The van der Waals surface area contributed by atoms with Gasteiger partial charge in [0.05, 0.1) is 19.8 Å². The zero-order valence-corrected chi connectivity index (χ0v) is 29.2. The Labute approximate surface area is 273 Å². The van der Waals surface area contributed by atoms with E-state index in [0.717, 1.165) is 22.4 Å². The summed E-state index contributed by atoms with van der Waals surface area (Å²) in [6.45, 7) is 13.7. The molecule has 1 aliphatic heterocycles. The maximum Gasteiger partial charge on any atom is 0.351 e. The number of aromatic nitrogens is 2. The topological polar surface area (TPSA) is 83.8 Å². The third-order valence-corrected chi connectivity index (χ3v) is 14.2. The van der Waals surface area contributed by atoms with Gasteiger partial charge in [0.2, 0.25) is 0 Å². The summed E-state index contributed by atoms with van der Waals surface area (Å²) in [5, 5.41) is 3.76. The summed E-state index contributed by atoms with van der Waals surface area (Å²) in [4.78, 5) is 18.3. The minimum atomic E-state index is -1.98. The first-order chi connectivity index (χ1) is 21.9. The van der Waals surface area contributed by atoms with Crippen molar-refractivity contribution >= 4 is 14.1 Å². The second kappa shape index (κ2) is 13.5. The van der Waals surface area contributed by atoms with E-state index in [4.69, 9.17) is 18.6 Å². The minimum Gasteiger partial charge on any atom is -0.497 e. The van der Waals surface area contributed by atoms with Crippen molar-refractivity contribution in [1.82, 2.24) is 9.55 Å². The molecule has 0 amide bonds. The van der Waals surface area contributed by atoms with Crippen molar-refractivity contribution in [3.05, 3.63) is 124 Å². The summed E-state index contributed by atoms with van der Waals surface area (Å²) < 4.78 is 25.9. The van der Waals surface area contributed by atoms with E-state index in [0.29, 0.717) is 12.4 Å². The van der Waals surface area contributed by atoms with Crippen LogP contribution < -0.4 is 15.7 Å². The van der Waals surface area contributed by atoms with Gasteiger partial charge in [0.25, 0.3) is 0 Å². The molecule has 9 heteroatoms. The normalized spacial score (nSPS) is 20.4. The third-order valence-electron chi connectivity index (χ3n) is 9.74. The first kappa shape index (κ1) is 33.6. The maximum atomic E-state index is 13.8. The average molecular weight is 642 g/mol. The van der Waals surface area contributed by atoms with Crippen molar-refractivity contribution in [2.45, 2.75) is 69.8 Å². The smallest absolute Gasteiger partial charge is 0.351 e. The zero-order valence-electron chi connectivity index (χ0n) is 28.2. The highest BCUT2D eigenvalue weighted by Crippen LogP contribution is 2.41. The molecule has 1 aliphatic rings. The molecule has 4 atom stereocenters. The van der Waals surface area contributed by atoms with Crippen LogP contribution in [0.25, 0.3) is 0 Å². The SMILES string of the molecule is COc1ccc(C(Nc2ccn([C@@H]3O[C@H](CO[Si](C)(C)C(C)(C)C)[C@H](C)C3OC)c(=O)n2)(c2ccccc2)c2ccccc2)cc1. The van der Waals surface area contributed by atoms with Gasteiger partial charge in [-0.15, -0.1) is 0 Å². The Hall–Kier alpha value is -3.76. The summed E-state index contributed by atoms with van der Waals surface area (Å²) in [6.07, 6.45) is 0.565. The molecule has 0 bridgehead atoms. The third kappa shape index (κ3) is 6.55. The Kier molecular flexibility index (Phi) is 9.88. The lowest BCUT2D eigenvalue weighted by molar-refractivity contribution is -0.0612. The second-order valence-corrected chi connectivity index (χ2v) is 18.3. The van der Waals surface area contributed by atoms with Crippen molar-refractivity contribution in [1.29, 1.82) is 0 Å². The van der Waals surface area contributed by atoms with Crippen LogP contribution in [0.3, 0.4) is 0 Å². The van der Waals surface area contributed by atoms with Gasteiger partial charge in [-0.3, -0.25) is 4.57 Å². The molecule has 0 spiro atoms. The molecule has 1 N–H and O–H groups in total. The standard InChI is InChI=1S/C37H47N3O5Si/c1-26-31(25-44-46(7,8)36(2,3)4)45-34(33(26)43-6)40-24-23-32(38-35(40)41)39-37(27-15-11-9-12-16-27,28-17-13-10-14-18-28)29-19-21-30(42-5)22-20-29/h9-24,26,31,33-34H,25H2,1-8H3,(H,38,39,41)/t26-,31+,33?,34+/m0/s1. The summed E-state index contributed by atoms with van der Waals surface area (Å²) in [7, 11) is 1.33. The lowest BCUT2D eigenvalue weighted by Crippen LogP contribution is -2.43. The molecule has 46 heavy (non-hydrogen) atoms. The number of rotatable bonds is 11. The molecule has 8 nitrogen and oxygen atoms in total. The van der Waals surface area contributed by atoms with Crippen molar-refractivity contribution in [3.63, 3.8) is 0 Å². The lowest BCUT2D eigenvalue weighted by atomic mass is 9.77. The summed E-state index contributed by atoms with van der Waals surface area (Å²) in [5.74, 6) is 1.21. The molecule has 1 unspecified atom stereocenters. The molecule has 244 valence electrons. The summed E-state index contributed by atoms with van der Waals surface area (Å²) in [5.41, 5.74) is 1.66. The van der Waals surface area contributed by atoms with Gasteiger partial charge in [-0.1, -0.05) is 100 Å². The number of ether oxygens (including phenoxy) is 3. The number of hydrogen-bond donors (Lipinski definition) is 1. The Balaban J connectivity index is 1.50. The Bertz CT molecular complexity index is 1600. The van der Waals surface area contributed by atoms with E-state index in [1.54, 1.807) is 20.4 Å². The predicted octanol–water partition coefficient (Wildman–Crippen LogP) is 7.23. The molecule has 4 aromatic rings. The fourth-order valence-corrected chi connectivity index (χ4v) is 6.92. The highest BCUT2D eigenvalue weighted by Gasteiger charge is 2.46. The number of nitrogens with zero attached hydrogens (tertiary/aromatic N) is 2. The Morgan fingerprint density at radius 1 is 0.870 bits per heavy atom. The van der Waals surface area contributed by atoms with Crippen LogP contribution >= 0.6 is 0 Å². The van der Waals surface area contributed by atoms with Gasteiger partial charge in [0.15, 0.2) is 14.5 Å². The largest absolute Gasteiger partial charge is 0.497 e. The number of nitrogens with one attached hydrogen (secondary N) is 1. The van der Waals surface area contributed by atoms with Crippen molar-refractivity contribution < 1.29 is 18.6 Å². The number of hydrogen-bond acceptors (Lipinski definition) is 7. The minimum absolute atomic E-state index is 0.0170. The van der Waals surface area contributed by atoms with Crippen LogP contribution in [0.2, 0.25) is 18.1 Å². The molecule has 1 fully saturated rings.